The van der Waals surface area contributed by atoms with Gasteiger partial charge in [-0.1, -0.05) is 53.9 Å². The minimum Gasteiger partial charge on any atom is -0.393 e. The van der Waals surface area contributed by atoms with Crippen molar-refractivity contribution in [2.75, 3.05) is 0 Å². The van der Waals surface area contributed by atoms with E-state index < -0.39 is 31.1 Å². The zero-order chi connectivity index (χ0) is 22.1. The van der Waals surface area contributed by atoms with Crippen LogP contribution in [0.1, 0.15) is 79.6 Å². The molecule has 3 N–H and O–H groups in total. The lowest BCUT2D eigenvalue weighted by molar-refractivity contribution is 0.0266. The van der Waals surface area contributed by atoms with Gasteiger partial charge in [0.25, 0.3) is 20.2 Å². The van der Waals surface area contributed by atoms with Crippen LogP contribution in [0.2, 0.25) is 0 Å². The Balaban J connectivity index is 0.000000567. The van der Waals surface area contributed by atoms with Crippen LogP contribution < -0.4 is 0 Å². The fourth-order valence-electron chi connectivity index (χ4n) is 3.37. The molecule has 170 valence electrons. The number of aliphatic hydroxyl groups excluding tert-OH is 1. The first-order valence-corrected chi connectivity index (χ1v) is 13.0. The molecule has 0 aromatic heterocycles. The van der Waals surface area contributed by atoms with Gasteiger partial charge in [-0.25, -0.2) is 0 Å². The van der Waals surface area contributed by atoms with Gasteiger partial charge in [0.15, 0.2) is 10.9 Å². The summed E-state index contributed by atoms with van der Waals surface area (Å²) in [6.07, 6.45) is 4.19. The van der Waals surface area contributed by atoms with Crippen molar-refractivity contribution in [1.29, 1.82) is 0 Å². The minimum absolute atomic E-state index is 0.0289. The first-order chi connectivity index (χ1) is 12.7. The van der Waals surface area contributed by atoms with E-state index in [-0.39, 0.29) is 18.9 Å². The second kappa shape index (κ2) is 12.4. The van der Waals surface area contributed by atoms with Gasteiger partial charge in [0.1, 0.15) is 0 Å². The zero-order valence-corrected chi connectivity index (χ0v) is 19.2. The van der Waals surface area contributed by atoms with Gasteiger partial charge in [-0.2, -0.15) is 16.8 Å². The third-order valence-electron chi connectivity index (χ3n) is 5.00. The highest BCUT2D eigenvalue weighted by Crippen LogP contribution is 2.33. The lowest BCUT2D eigenvalue weighted by Crippen LogP contribution is -2.33. The number of hydrogen-bond donors (Lipinski definition) is 3. The van der Waals surface area contributed by atoms with Crippen molar-refractivity contribution in [3.05, 3.63) is 0 Å². The van der Waals surface area contributed by atoms with Crippen molar-refractivity contribution >= 4 is 20.2 Å². The van der Waals surface area contributed by atoms with Crippen LogP contribution in [-0.2, 0) is 25.0 Å². The highest BCUT2D eigenvalue weighted by Gasteiger charge is 2.32. The monoisotopic (exact) mass is 446 g/mol. The fraction of sp³-hybridized carbons (Fsp3) is 1.00. The lowest BCUT2D eigenvalue weighted by atomic mass is 9.75. The van der Waals surface area contributed by atoms with E-state index in [2.05, 4.69) is 20.8 Å². The summed E-state index contributed by atoms with van der Waals surface area (Å²) in [5, 5.41) is 9.71. The molecule has 0 spiro atoms. The SMILES string of the molecule is CC1CCC(C(C)C)C(O)C1.CCCC(OC(CCC)S(=O)(=O)O)S(=O)(=O)O. The maximum absolute atomic E-state index is 10.9. The Labute approximate surface area is 170 Å². The molecular formula is C18H38O8S2. The average Bonchev–Trinajstić information content (AvgIpc) is 2.52. The van der Waals surface area contributed by atoms with E-state index in [0.29, 0.717) is 24.7 Å². The molecule has 1 rings (SSSR count). The molecule has 0 amide bonds. The van der Waals surface area contributed by atoms with E-state index >= 15 is 0 Å². The first-order valence-electron chi connectivity index (χ1n) is 10.00. The van der Waals surface area contributed by atoms with Gasteiger partial charge >= 0.3 is 0 Å². The molecule has 1 saturated carbocycles. The lowest BCUT2D eigenvalue weighted by Gasteiger charge is -2.33. The summed E-state index contributed by atoms with van der Waals surface area (Å²) in [6.45, 7) is 9.97. The van der Waals surface area contributed by atoms with Crippen LogP contribution in [0.5, 0.6) is 0 Å². The molecular weight excluding hydrogens is 408 g/mol. The largest absolute Gasteiger partial charge is 0.393 e. The predicted octanol–water partition coefficient (Wildman–Crippen LogP) is 3.47. The Hall–Kier alpha value is -0.260. The van der Waals surface area contributed by atoms with Crippen LogP contribution >= 0.6 is 0 Å². The quantitative estimate of drug-likeness (QED) is 0.458. The Morgan fingerprint density at radius 2 is 1.36 bits per heavy atom. The summed E-state index contributed by atoms with van der Waals surface area (Å²) < 4.78 is 66.3. The Kier molecular flexibility index (Phi) is 12.3. The summed E-state index contributed by atoms with van der Waals surface area (Å²) in [7, 11) is -9.00. The first kappa shape index (κ1) is 27.7. The molecule has 10 heteroatoms. The van der Waals surface area contributed by atoms with Crippen LogP contribution in [0.4, 0.5) is 0 Å². The molecule has 1 aliphatic carbocycles. The molecule has 0 aromatic rings. The fourth-order valence-corrected chi connectivity index (χ4v) is 5.05. The van der Waals surface area contributed by atoms with Crippen LogP contribution in [0.25, 0.3) is 0 Å². The summed E-state index contributed by atoms with van der Waals surface area (Å²) in [6, 6.07) is 0. The van der Waals surface area contributed by atoms with E-state index in [9.17, 15) is 21.9 Å². The second-order valence-corrected chi connectivity index (χ2v) is 11.1. The maximum atomic E-state index is 10.9. The number of hydrogen-bond acceptors (Lipinski definition) is 6. The van der Waals surface area contributed by atoms with Crippen molar-refractivity contribution in [3.63, 3.8) is 0 Å². The smallest absolute Gasteiger partial charge is 0.292 e. The number of aliphatic hydroxyl groups is 1. The van der Waals surface area contributed by atoms with Crippen molar-refractivity contribution in [1.82, 2.24) is 0 Å². The molecule has 0 radical (unpaired) electrons. The second-order valence-electron chi connectivity index (χ2n) is 8.00. The molecule has 0 aromatic carbocycles. The zero-order valence-electron chi connectivity index (χ0n) is 17.6. The highest BCUT2D eigenvalue weighted by atomic mass is 32.2. The van der Waals surface area contributed by atoms with Crippen molar-refractivity contribution in [3.8, 4) is 0 Å². The number of rotatable bonds is 9. The molecule has 5 unspecified atom stereocenters. The standard InChI is InChI=1S/C10H20O.C8H18O7S2/c1-7(2)9-5-4-8(3)6-10(9)11;1-3-5-7(16(9,10)11)15-8(6-4-2)17(12,13)14/h7-11H,4-6H2,1-3H3;7-8H,3-6H2,1-2H3,(H,9,10,11)(H,12,13,14). The molecule has 0 saturated heterocycles. The van der Waals surface area contributed by atoms with E-state index in [4.69, 9.17) is 13.8 Å². The molecule has 28 heavy (non-hydrogen) atoms. The summed E-state index contributed by atoms with van der Waals surface area (Å²) >= 11 is 0. The van der Waals surface area contributed by atoms with E-state index in [1.807, 2.05) is 0 Å². The molecule has 1 fully saturated rings. The van der Waals surface area contributed by atoms with Gasteiger partial charge < -0.3 is 9.84 Å². The Morgan fingerprint density at radius 3 is 1.64 bits per heavy atom. The topological polar surface area (TPSA) is 138 Å². The van der Waals surface area contributed by atoms with Crippen LogP contribution in [0.3, 0.4) is 0 Å². The normalized spacial score (nSPS) is 25.7. The van der Waals surface area contributed by atoms with E-state index in [1.54, 1.807) is 13.8 Å². The van der Waals surface area contributed by atoms with Gasteiger partial charge in [-0.15, -0.1) is 0 Å². The molecule has 0 bridgehead atoms. The van der Waals surface area contributed by atoms with Crippen molar-refractivity contribution in [2.24, 2.45) is 17.8 Å². The third kappa shape index (κ3) is 10.5. The maximum Gasteiger partial charge on any atom is 0.292 e. The summed E-state index contributed by atoms with van der Waals surface area (Å²) in [4.78, 5) is 0. The predicted molar refractivity (Wildman–Crippen MR) is 109 cm³/mol. The third-order valence-corrected chi connectivity index (χ3v) is 7.03. The van der Waals surface area contributed by atoms with Gasteiger partial charge in [0, 0.05) is 0 Å². The summed E-state index contributed by atoms with van der Waals surface area (Å²) in [5.74, 6) is 1.95. The number of ether oxygens (including phenoxy) is 1. The Bertz CT molecular complexity index is 590. The average molecular weight is 447 g/mol. The molecule has 8 nitrogen and oxygen atoms in total. The summed E-state index contributed by atoms with van der Waals surface area (Å²) in [5.41, 5.74) is -3.27. The van der Waals surface area contributed by atoms with Gasteiger partial charge in [0.2, 0.25) is 0 Å². The van der Waals surface area contributed by atoms with Gasteiger partial charge in [0.05, 0.1) is 6.10 Å². The molecule has 1 aliphatic rings. The van der Waals surface area contributed by atoms with Crippen LogP contribution in [0, 0.1) is 17.8 Å². The van der Waals surface area contributed by atoms with E-state index in [1.165, 1.54) is 12.8 Å². The van der Waals surface area contributed by atoms with Crippen LogP contribution in [0.15, 0.2) is 0 Å². The van der Waals surface area contributed by atoms with Gasteiger partial charge in [-0.05, 0) is 43.4 Å². The van der Waals surface area contributed by atoms with Crippen LogP contribution in [-0.4, -0.2) is 48.0 Å². The van der Waals surface area contributed by atoms with Crippen molar-refractivity contribution in [2.45, 2.75) is 96.5 Å². The van der Waals surface area contributed by atoms with Crippen molar-refractivity contribution < 1.29 is 35.8 Å². The molecule has 5 atom stereocenters. The van der Waals surface area contributed by atoms with E-state index in [0.717, 1.165) is 12.3 Å². The molecule has 0 heterocycles. The molecule has 0 aliphatic heterocycles. The Morgan fingerprint density at radius 1 is 0.929 bits per heavy atom. The highest BCUT2D eigenvalue weighted by molar-refractivity contribution is 7.87. The van der Waals surface area contributed by atoms with Gasteiger partial charge in [-0.3, -0.25) is 9.11 Å². The minimum atomic E-state index is -4.50.